The van der Waals surface area contributed by atoms with Gasteiger partial charge in [0.05, 0.1) is 0 Å². The Morgan fingerprint density at radius 1 is 1.39 bits per heavy atom. The monoisotopic (exact) mass is 268 g/mol. The Balaban J connectivity index is 2.19. The Morgan fingerprint density at radius 3 is 2.39 bits per heavy atom. The van der Waals surface area contributed by atoms with E-state index in [9.17, 15) is 4.79 Å². The summed E-state index contributed by atoms with van der Waals surface area (Å²) in [6, 6.07) is 0. The van der Waals surface area contributed by atoms with Crippen molar-refractivity contribution in [3.63, 3.8) is 0 Å². The maximum Gasteiger partial charge on any atom is 0.267 e. The molecule has 1 fully saturated rings. The molecule has 2 N–H and O–H groups in total. The standard InChI is InChI=1S/C12H20N4OS/c1-7-5-16(6-8(7)2)11(17)9-10(13)14-12(18-9)15(3)4/h7-8H,5-6,13H2,1-4H3. The van der Waals surface area contributed by atoms with Gasteiger partial charge < -0.3 is 15.5 Å². The summed E-state index contributed by atoms with van der Waals surface area (Å²) in [5.41, 5.74) is 5.84. The molecule has 1 aliphatic heterocycles. The van der Waals surface area contributed by atoms with Gasteiger partial charge in [0.25, 0.3) is 5.91 Å². The summed E-state index contributed by atoms with van der Waals surface area (Å²) >= 11 is 1.36. The van der Waals surface area contributed by atoms with Crippen LogP contribution in [0, 0.1) is 11.8 Å². The minimum Gasteiger partial charge on any atom is -0.382 e. The molecule has 6 heteroatoms. The van der Waals surface area contributed by atoms with Gasteiger partial charge in [0, 0.05) is 27.2 Å². The number of hydrogen-bond acceptors (Lipinski definition) is 5. The van der Waals surface area contributed by atoms with Crippen LogP contribution in [0.5, 0.6) is 0 Å². The zero-order valence-corrected chi connectivity index (χ0v) is 12.1. The van der Waals surface area contributed by atoms with E-state index in [-0.39, 0.29) is 5.91 Å². The molecule has 100 valence electrons. The lowest BCUT2D eigenvalue weighted by Crippen LogP contribution is -2.28. The van der Waals surface area contributed by atoms with Crippen LogP contribution in [0.25, 0.3) is 0 Å². The lowest BCUT2D eigenvalue weighted by atomic mass is 10.0. The maximum absolute atomic E-state index is 12.4. The van der Waals surface area contributed by atoms with E-state index in [2.05, 4.69) is 18.8 Å². The fourth-order valence-electron chi connectivity index (χ4n) is 2.10. The van der Waals surface area contributed by atoms with Gasteiger partial charge in [0.15, 0.2) is 5.13 Å². The molecule has 0 saturated carbocycles. The molecule has 2 atom stereocenters. The van der Waals surface area contributed by atoms with E-state index in [1.54, 1.807) is 0 Å². The number of carbonyl (C=O) groups is 1. The van der Waals surface area contributed by atoms with Gasteiger partial charge in [-0.25, -0.2) is 4.98 Å². The number of carbonyl (C=O) groups excluding carboxylic acids is 1. The van der Waals surface area contributed by atoms with Crippen molar-refractivity contribution in [2.24, 2.45) is 11.8 Å². The number of nitrogens with two attached hydrogens (primary N) is 1. The van der Waals surface area contributed by atoms with E-state index in [0.717, 1.165) is 18.2 Å². The number of nitrogens with zero attached hydrogens (tertiary/aromatic N) is 3. The number of thiazole rings is 1. The van der Waals surface area contributed by atoms with Crippen LogP contribution in [-0.2, 0) is 0 Å². The predicted molar refractivity (Wildman–Crippen MR) is 75.1 cm³/mol. The molecular formula is C12H20N4OS. The van der Waals surface area contributed by atoms with Crippen LogP contribution in [0.2, 0.25) is 0 Å². The highest BCUT2D eigenvalue weighted by atomic mass is 32.1. The molecule has 2 unspecified atom stereocenters. The second-order valence-electron chi connectivity index (χ2n) is 5.27. The van der Waals surface area contributed by atoms with Crippen molar-refractivity contribution in [1.29, 1.82) is 0 Å². The van der Waals surface area contributed by atoms with E-state index in [1.165, 1.54) is 11.3 Å². The second kappa shape index (κ2) is 4.76. The summed E-state index contributed by atoms with van der Waals surface area (Å²) in [7, 11) is 3.79. The number of aromatic nitrogens is 1. The number of likely N-dealkylation sites (tertiary alicyclic amines) is 1. The average molecular weight is 268 g/mol. The summed E-state index contributed by atoms with van der Waals surface area (Å²) < 4.78 is 0. The van der Waals surface area contributed by atoms with Gasteiger partial charge >= 0.3 is 0 Å². The van der Waals surface area contributed by atoms with Gasteiger partial charge in [-0.3, -0.25) is 4.79 Å². The first-order valence-corrected chi connectivity index (χ1v) is 6.94. The van der Waals surface area contributed by atoms with E-state index in [4.69, 9.17) is 5.73 Å². The smallest absolute Gasteiger partial charge is 0.267 e. The molecular weight excluding hydrogens is 248 g/mol. The summed E-state index contributed by atoms with van der Waals surface area (Å²) in [5, 5.41) is 0.774. The highest BCUT2D eigenvalue weighted by Gasteiger charge is 2.32. The summed E-state index contributed by atoms with van der Waals surface area (Å²) in [6.07, 6.45) is 0. The van der Waals surface area contributed by atoms with Crippen LogP contribution in [-0.4, -0.2) is 43.0 Å². The number of anilines is 2. The summed E-state index contributed by atoms with van der Waals surface area (Å²) in [5.74, 6) is 1.48. The molecule has 0 radical (unpaired) electrons. The van der Waals surface area contributed by atoms with Gasteiger partial charge in [-0.2, -0.15) is 0 Å². The number of rotatable bonds is 2. The van der Waals surface area contributed by atoms with Crippen LogP contribution in [0.15, 0.2) is 0 Å². The van der Waals surface area contributed by atoms with E-state index in [0.29, 0.717) is 22.5 Å². The molecule has 0 aliphatic carbocycles. The molecule has 5 nitrogen and oxygen atoms in total. The number of hydrogen-bond donors (Lipinski definition) is 1. The number of nitrogen functional groups attached to an aromatic ring is 1. The van der Waals surface area contributed by atoms with Crippen LogP contribution >= 0.6 is 11.3 Å². The molecule has 1 aromatic rings. The van der Waals surface area contributed by atoms with Crippen LogP contribution in [0.4, 0.5) is 10.9 Å². The molecule has 18 heavy (non-hydrogen) atoms. The van der Waals surface area contributed by atoms with Crippen molar-refractivity contribution in [2.75, 3.05) is 37.8 Å². The van der Waals surface area contributed by atoms with Crippen LogP contribution in [0.1, 0.15) is 23.5 Å². The first-order valence-electron chi connectivity index (χ1n) is 6.13. The molecule has 0 bridgehead atoms. The maximum atomic E-state index is 12.4. The van der Waals surface area contributed by atoms with Crippen molar-refractivity contribution in [1.82, 2.24) is 9.88 Å². The van der Waals surface area contributed by atoms with Gasteiger partial charge in [-0.1, -0.05) is 25.2 Å². The molecule has 1 aromatic heterocycles. The third-order valence-electron chi connectivity index (χ3n) is 3.49. The summed E-state index contributed by atoms with van der Waals surface area (Å²) in [6.45, 7) is 5.99. The Hall–Kier alpha value is -1.30. The van der Waals surface area contributed by atoms with E-state index >= 15 is 0 Å². The molecule has 1 aliphatic rings. The Labute approximate surface area is 112 Å². The lowest BCUT2D eigenvalue weighted by molar-refractivity contribution is 0.0790. The topological polar surface area (TPSA) is 62.5 Å². The second-order valence-corrected chi connectivity index (χ2v) is 6.25. The van der Waals surface area contributed by atoms with Gasteiger partial charge in [0.2, 0.25) is 0 Å². The van der Waals surface area contributed by atoms with Gasteiger partial charge in [-0.05, 0) is 11.8 Å². The first kappa shape index (κ1) is 13.1. The fraction of sp³-hybridized carbons (Fsp3) is 0.667. The molecule has 2 rings (SSSR count). The van der Waals surface area contributed by atoms with Crippen LogP contribution < -0.4 is 10.6 Å². The van der Waals surface area contributed by atoms with Gasteiger partial charge in [0.1, 0.15) is 10.7 Å². The highest BCUT2D eigenvalue weighted by molar-refractivity contribution is 7.18. The van der Waals surface area contributed by atoms with E-state index < -0.39 is 0 Å². The highest BCUT2D eigenvalue weighted by Crippen LogP contribution is 2.30. The van der Waals surface area contributed by atoms with Crippen molar-refractivity contribution < 1.29 is 4.79 Å². The molecule has 2 heterocycles. The zero-order chi connectivity index (χ0) is 13.4. The Morgan fingerprint density at radius 2 is 1.94 bits per heavy atom. The van der Waals surface area contributed by atoms with Crippen molar-refractivity contribution in [3.8, 4) is 0 Å². The third kappa shape index (κ3) is 2.29. The van der Waals surface area contributed by atoms with Crippen LogP contribution in [0.3, 0.4) is 0 Å². The SMILES string of the molecule is CC1CN(C(=O)c2sc(N(C)C)nc2N)CC1C. The predicted octanol–water partition coefficient (Wildman–Crippen LogP) is 1.52. The molecule has 0 spiro atoms. The van der Waals surface area contributed by atoms with Crippen molar-refractivity contribution in [2.45, 2.75) is 13.8 Å². The third-order valence-corrected chi connectivity index (χ3v) is 4.72. The largest absolute Gasteiger partial charge is 0.382 e. The first-order chi connectivity index (χ1) is 8.40. The normalized spacial score (nSPS) is 23.4. The quantitative estimate of drug-likeness (QED) is 0.883. The van der Waals surface area contributed by atoms with Crippen molar-refractivity contribution >= 4 is 28.2 Å². The van der Waals surface area contributed by atoms with Gasteiger partial charge in [-0.15, -0.1) is 0 Å². The Bertz CT molecular complexity index is 447. The average Bonchev–Trinajstić information content (AvgIpc) is 2.83. The van der Waals surface area contributed by atoms with E-state index in [1.807, 2.05) is 23.9 Å². The Kier molecular flexibility index (Phi) is 3.47. The number of amides is 1. The fourth-order valence-corrected chi connectivity index (χ4v) is 2.98. The lowest BCUT2D eigenvalue weighted by Gasteiger charge is -2.14. The molecule has 1 amide bonds. The minimum absolute atomic E-state index is 0.0225. The summed E-state index contributed by atoms with van der Waals surface area (Å²) in [4.78, 5) is 20.9. The molecule has 1 saturated heterocycles. The molecule has 0 aromatic carbocycles. The van der Waals surface area contributed by atoms with Crippen molar-refractivity contribution in [3.05, 3.63) is 4.88 Å². The minimum atomic E-state index is 0.0225. The zero-order valence-electron chi connectivity index (χ0n) is 11.3.